The Labute approximate surface area is 144 Å². The van der Waals surface area contributed by atoms with E-state index in [-0.39, 0.29) is 17.0 Å². The third-order valence-electron chi connectivity index (χ3n) is 8.26. The molecule has 3 heterocycles. The van der Waals surface area contributed by atoms with Crippen LogP contribution in [0.3, 0.4) is 0 Å². The summed E-state index contributed by atoms with van der Waals surface area (Å²) in [6.07, 6.45) is 15.7. The van der Waals surface area contributed by atoms with Crippen LogP contribution in [0.4, 0.5) is 0 Å². The van der Waals surface area contributed by atoms with Crippen molar-refractivity contribution in [2.24, 2.45) is 11.3 Å². The average Bonchev–Trinajstić information content (AvgIpc) is 3.25. The van der Waals surface area contributed by atoms with Gasteiger partial charge in [0.05, 0.1) is 24.4 Å². The highest BCUT2D eigenvalue weighted by atomic mass is 16.7. The summed E-state index contributed by atoms with van der Waals surface area (Å²) in [6.45, 7) is 3.99. The fourth-order valence-corrected chi connectivity index (χ4v) is 7.13. The molecule has 0 radical (unpaired) electrons. The predicted molar refractivity (Wildman–Crippen MR) is 90.5 cm³/mol. The minimum Gasteiger partial charge on any atom is -0.359 e. The zero-order valence-corrected chi connectivity index (χ0v) is 14.7. The maximum atomic E-state index is 7.15. The minimum atomic E-state index is -0.363. The molecule has 130 valence electrons. The number of fused-ring (bicyclic) bond motifs is 1. The lowest BCUT2D eigenvalue weighted by atomic mass is 9.61. The first-order valence-corrected chi connectivity index (χ1v) is 9.98. The summed E-state index contributed by atoms with van der Waals surface area (Å²) in [4.78, 5) is 0. The zero-order chi connectivity index (χ0) is 16.0. The van der Waals surface area contributed by atoms with E-state index in [4.69, 9.17) is 14.2 Å². The highest BCUT2D eigenvalue weighted by Crippen LogP contribution is 2.67. The first kappa shape index (κ1) is 14.5. The van der Waals surface area contributed by atoms with Gasteiger partial charge in [0.25, 0.3) is 0 Å². The first-order valence-electron chi connectivity index (χ1n) is 9.98. The van der Waals surface area contributed by atoms with Gasteiger partial charge < -0.3 is 14.2 Å². The van der Waals surface area contributed by atoms with Crippen LogP contribution in [-0.2, 0) is 14.2 Å². The highest BCUT2D eigenvalue weighted by molar-refractivity contribution is 5.47. The molecule has 3 nitrogen and oxygen atoms in total. The van der Waals surface area contributed by atoms with Crippen LogP contribution < -0.4 is 0 Å². The van der Waals surface area contributed by atoms with Crippen LogP contribution in [0.1, 0.15) is 64.7 Å². The normalized spacial score (nSPS) is 51.0. The summed E-state index contributed by atoms with van der Waals surface area (Å²) in [5, 5.41) is 0. The number of hydrogen-bond acceptors (Lipinski definition) is 3. The van der Waals surface area contributed by atoms with Crippen LogP contribution in [0.5, 0.6) is 0 Å². The van der Waals surface area contributed by atoms with E-state index in [1.54, 1.807) is 0 Å². The molecule has 0 amide bonds. The third-order valence-corrected chi connectivity index (χ3v) is 8.26. The van der Waals surface area contributed by atoms with Gasteiger partial charge in [-0.05, 0) is 61.0 Å². The molecule has 3 spiro atoms. The minimum absolute atomic E-state index is 0.00979. The summed E-state index contributed by atoms with van der Waals surface area (Å²) < 4.78 is 19.3. The summed E-state index contributed by atoms with van der Waals surface area (Å²) in [5.41, 5.74) is 3.37. The summed E-state index contributed by atoms with van der Waals surface area (Å²) in [6, 6.07) is 0. The lowest BCUT2D eigenvalue weighted by Gasteiger charge is -2.54. The van der Waals surface area contributed by atoms with E-state index < -0.39 is 0 Å². The van der Waals surface area contributed by atoms with Gasteiger partial charge in [0.2, 0.25) is 0 Å². The van der Waals surface area contributed by atoms with Crippen molar-refractivity contribution in [3.63, 3.8) is 0 Å². The lowest BCUT2D eigenvalue weighted by Crippen LogP contribution is -2.55. The molecular formula is C21H28O3. The van der Waals surface area contributed by atoms with Crippen molar-refractivity contribution in [3.8, 4) is 0 Å². The molecule has 24 heavy (non-hydrogen) atoms. The van der Waals surface area contributed by atoms with E-state index in [0.717, 1.165) is 38.9 Å². The van der Waals surface area contributed by atoms with Gasteiger partial charge in [0.15, 0.2) is 5.79 Å². The van der Waals surface area contributed by atoms with Crippen LogP contribution in [0, 0.1) is 11.3 Å². The average molecular weight is 328 g/mol. The third kappa shape index (κ3) is 1.60. The second kappa shape index (κ2) is 4.36. The Morgan fingerprint density at radius 3 is 2.83 bits per heavy atom. The number of hydrogen-bond donors (Lipinski definition) is 0. The Morgan fingerprint density at radius 2 is 1.96 bits per heavy atom. The van der Waals surface area contributed by atoms with Crippen LogP contribution in [0.2, 0.25) is 0 Å². The number of rotatable bonds is 0. The Hall–Kier alpha value is -0.640. The van der Waals surface area contributed by atoms with E-state index in [9.17, 15) is 0 Å². The number of allylic oxidation sites excluding steroid dienone is 1. The molecular weight excluding hydrogens is 300 g/mol. The second-order valence-electron chi connectivity index (χ2n) is 9.40. The molecule has 3 heteroatoms. The first-order chi connectivity index (χ1) is 11.6. The molecule has 6 aliphatic rings. The second-order valence-corrected chi connectivity index (χ2v) is 9.40. The van der Waals surface area contributed by atoms with Gasteiger partial charge in [-0.2, -0.15) is 0 Å². The van der Waals surface area contributed by atoms with Crippen molar-refractivity contribution in [2.75, 3.05) is 13.2 Å². The molecule has 0 aromatic carbocycles. The van der Waals surface area contributed by atoms with Crippen molar-refractivity contribution < 1.29 is 14.2 Å². The highest BCUT2D eigenvalue weighted by Gasteiger charge is 2.66. The maximum absolute atomic E-state index is 7.15. The molecule has 2 bridgehead atoms. The SMILES string of the molecule is C[C@]12CC=C3C=C4CCC5(CC46CC[C@]3(O6)[C@@H]1CCC2)OCCO5. The van der Waals surface area contributed by atoms with Gasteiger partial charge in [-0.25, -0.2) is 0 Å². The summed E-state index contributed by atoms with van der Waals surface area (Å²) in [5.74, 6) is 0.336. The van der Waals surface area contributed by atoms with Crippen molar-refractivity contribution in [1.29, 1.82) is 0 Å². The van der Waals surface area contributed by atoms with Crippen molar-refractivity contribution >= 4 is 0 Å². The standard InChI is InChI=1S/C21H28O3/c1-18-6-2-3-17(18)21-10-9-19(24-21)14-20(22-11-12-23-20)8-5-15(19)13-16(21)4-7-18/h4,13,17H,2-3,5-12,14H2,1H3/t17-,18+,19?,21-/m1/s1. The van der Waals surface area contributed by atoms with Gasteiger partial charge in [-0.3, -0.25) is 0 Å². The van der Waals surface area contributed by atoms with Gasteiger partial charge >= 0.3 is 0 Å². The molecule has 0 aromatic rings. The quantitative estimate of drug-likeness (QED) is 0.664. The smallest absolute Gasteiger partial charge is 0.171 e. The van der Waals surface area contributed by atoms with Crippen molar-refractivity contribution in [1.82, 2.24) is 0 Å². The Balaban J connectivity index is 1.45. The van der Waals surface area contributed by atoms with Crippen LogP contribution in [-0.4, -0.2) is 30.2 Å². The molecule has 1 unspecified atom stereocenters. The largest absolute Gasteiger partial charge is 0.359 e. The zero-order valence-electron chi connectivity index (χ0n) is 14.7. The molecule has 4 atom stereocenters. The van der Waals surface area contributed by atoms with E-state index in [2.05, 4.69) is 19.1 Å². The monoisotopic (exact) mass is 328 g/mol. The maximum Gasteiger partial charge on any atom is 0.171 e. The predicted octanol–water partition coefficient (Wildman–Crippen LogP) is 4.28. The molecule has 3 aliphatic heterocycles. The molecule has 0 aromatic heterocycles. The van der Waals surface area contributed by atoms with Crippen molar-refractivity contribution in [2.45, 2.75) is 81.7 Å². The summed E-state index contributed by atoms with van der Waals surface area (Å²) in [7, 11) is 0. The topological polar surface area (TPSA) is 27.7 Å². The fraction of sp³-hybridized carbons (Fsp3) is 0.810. The van der Waals surface area contributed by atoms with Gasteiger partial charge in [-0.1, -0.05) is 25.5 Å². The molecule has 0 N–H and O–H groups in total. The van der Waals surface area contributed by atoms with E-state index >= 15 is 0 Å². The number of ether oxygens (including phenoxy) is 3. The van der Waals surface area contributed by atoms with Gasteiger partial charge in [0.1, 0.15) is 0 Å². The fourth-order valence-electron chi connectivity index (χ4n) is 7.13. The van der Waals surface area contributed by atoms with Crippen LogP contribution in [0.25, 0.3) is 0 Å². The Bertz CT molecular complexity index is 658. The van der Waals surface area contributed by atoms with Crippen molar-refractivity contribution in [3.05, 3.63) is 23.3 Å². The van der Waals surface area contributed by atoms with Crippen LogP contribution in [0.15, 0.2) is 23.3 Å². The van der Waals surface area contributed by atoms with Gasteiger partial charge in [0, 0.05) is 12.8 Å². The summed E-state index contributed by atoms with van der Waals surface area (Å²) >= 11 is 0. The molecule has 6 rings (SSSR count). The Kier molecular flexibility index (Phi) is 2.64. The Morgan fingerprint density at radius 1 is 1.08 bits per heavy atom. The lowest BCUT2D eigenvalue weighted by molar-refractivity contribution is -0.226. The van der Waals surface area contributed by atoms with E-state index in [0.29, 0.717) is 11.3 Å². The van der Waals surface area contributed by atoms with Gasteiger partial charge in [-0.15, -0.1) is 0 Å². The van der Waals surface area contributed by atoms with Crippen LogP contribution >= 0.6 is 0 Å². The van der Waals surface area contributed by atoms with E-state index in [1.807, 2.05) is 0 Å². The van der Waals surface area contributed by atoms with E-state index in [1.165, 1.54) is 43.3 Å². The molecule has 3 aliphatic carbocycles. The molecule has 4 fully saturated rings. The molecule has 2 saturated heterocycles. The molecule has 2 saturated carbocycles.